The standard InChI is InChI=1S/C22H22F6N2O3/c23-21(24,25)16-9-14(10-17(11-16)22(26,27)28)12-30(33)19-3-1-2-15-8-13(4-6-18(15)19)5-7-20(31)29-32/h4-7,9-11,15,19,32-33H,1-3,8,12H2,(H,29,31)/b7-5+. The van der Waals surface area contributed by atoms with Crippen molar-refractivity contribution in [3.8, 4) is 0 Å². The fraction of sp³-hybridized carbons (Fsp3) is 0.409. The lowest BCUT2D eigenvalue weighted by molar-refractivity contribution is -0.144. The van der Waals surface area contributed by atoms with E-state index in [1.165, 1.54) is 5.48 Å². The number of nitrogens with zero attached hydrogens (tertiary/aromatic N) is 1. The topological polar surface area (TPSA) is 72.8 Å². The average Bonchev–Trinajstić information content (AvgIpc) is 2.75. The molecule has 2 aliphatic rings. The van der Waals surface area contributed by atoms with Gasteiger partial charge >= 0.3 is 12.4 Å². The summed E-state index contributed by atoms with van der Waals surface area (Å²) in [6.07, 6.45) is -1.20. The van der Waals surface area contributed by atoms with Crippen LogP contribution in [0.15, 0.2) is 53.6 Å². The molecule has 0 bridgehead atoms. The molecule has 2 unspecified atom stereocenters. The highest BCUT2D eigenvalue weighted by atomic mass is 19.4. The second kappa shape index (κ2) is 9.70. The maximum absolute atomic E-state index is 13.1. The molecule has 0 radical (unpaired) electrons. The maximum Gasteiger partial charge on any atom is 0.416 e. The van der Waals surface area contributed by atoms with Crippen LogP contribution in [0, 0.1) is 5.92 Å². The first-order valence-electron chi connectivity index (χ1n) is 10.1. The first-order chi connectivity index (χ1) is 15.4. The molecule has 0 saturated heterocycles. The highest BCUT2D eigenvalue weighted by Gasteiger charge is 2.38. The Labute approximate surface area is 185 Å². The summed E-state index contributed by atoms with van der Waals surface area (Å²) in [4.78, 5) is 11.2. The Kier molecular flexibility index (Phi) is 7.35. The Morgan fingerprint density at radius 2 is 1.70 bits per heavy atom. The van der Waals surface area contributed by atoms with Crippen LogP contribution < -0.4 is 5.48 Å². The lowest BCUT2D eigenvalue weighted by Gasteiger charge is -2.38. The number of allylic oxidation sites excluding steroid dienone is 4. The molecule has 1 aromatic rings. The molecule has 1 saturated carbocycles. The molecular formula is C22H22F6N2O3. The number of carbonyl (C=O) groups excluding carboxylic acids is 1. The number of amides is 1. The second-order valence-corrected chi connectivity index (χ2v) is 8.08. The van der Waals surface area contributed by atoms with E-state index in [1.54, 1.807) is 18.2 Å². The van der Waals surface area contributed by atoms with Crippen LogP contribution in [0.2, 0.25) is 0 Å². The van der Waals surface area contributed by atoms with Crippen LogP contribution in [0.4, 0.5) is 26.3 Å². The summed E-state index contributed by atoms with van der Waals surface area (Å²) in [5.41, 5.74) is -0.0268. The van der Waals surface area contributed by atoms with Gasteiger partial charge in [0, 0.05) is 12.6 Å². The van der Waals surface area contributed by atoms with Gasteiger partial charge in [-0.05, 0) is 60.1 Å². The number of fused-ring (bicyclic) bond motifs is 1. The van der Waals surface area contributed by atoms with Crippen LogP contribution in [-0.4, -0.2) is 27.4 Å². The van der Waals surface area contributed by atoms with E-state index in [2.05, 4.69) is 0 Å². The predicted octanol–water partition coefficient (Wildman–Crippen LogP) is 5.40. The number of nitrogens with one attached hydrogen (secondary N) is 1. The van der Waals surface area contributed by atoms with Gasteiger partial charge in [-0.25, -0.2) is 5.48 Å². The zero-order chi connectivity index (χ0) is 24.4. The summed E-state index contributed by atoms with van der Waals surface area (Å²) in [6.45, 7) is -0.505. The maximum atomic E-state index is 13.1. The van der Waals surface area contributed by atoms with E-state index in [0.29, 0.717) is 31.4 Å². The van der Waals surface area contributed by atoms with Crippen LogP contribution in [0.1, 0.15) is 42.4 Å². The third-order valence-corrected chi connectivity index (χ3v) is 5.77. The van der Waals surface area contributed by atoms with E-state index in [9.17, 15) is 36.3 Å². The van der Waals surface area contributed by atoms with Crippen LogP contribution in [-0.2, 0) is 23.7 Å². The molecule has 180 valence electrons. The average molecular weight is 476 g/mol. The normalized spacial score (nSPS) is 21.6. The summed E-state index contributed by atoms with van der Waals surface area (Å²) in [5, 5.41) is 20.0. The van der Waals surface area contributed by atoms with Crippen LogP contribution >= 0.6 is 0 Å². The third-order valence-electron chi connectivity index (χ3n) is 5.77. The molecule has 33 heavy (non-hydrogen) atoms. The number of hydrogen-bond donors (Lipinski definition) is 3. The molecule has 0 spiro atoms. The minimum absolute atomic E-state index is 0.00693. The number of benzene rings is 1. The van der Waals surface area contributed by atoms with Crippen molar-refractivity contribution < 1.29 is 41.6 Å². The Balaban J connectivity index is 1.83. The van der Waals surface area contributed by atoms with Gasteiger partial charge in [-0.2, -0.15) is 31.4 Å². The minimum atomic E-state index is -4.96. The van der Waals surface area contributed by atoms with E-state index in [1.807, 2.05) is 0 Å². The monoisotopic (exact) mass is 476 g/mol. The summed E-state index contributed by atoms with van der Waals surface area (Å²) in [6, 6.07) is 0.726. The van der Waals surface area contributed by atoms with Gasteiger partial charge in [0.2, 0.25) is 0 Å². The first kappa shape index (κ1) is 25.0. The van der Waals surface area contributed by atoms with Crippen molar-refractivity contribution in [3.63, 3.8) is 0 Å². The molecular weight excluding hydrogens is 454 g/mol. The lowest BCUT2D eigenvalue weighted by atomic mass is 9.74. The molecule has 2 aliphatic carbocycles. The Bertz CT molecular complexity index is 949. The van der Waals surface area contributed by atoms with E-state index < -0.39 is 42.0 Å². The molecule has 1 fully saturated rings. The molecule has 11 heteroatoms. The van der Waals surface area contributed by atoms with Gasteiger partial charge in [0.25, 0.3) is 5.91 Å². The van der Waals surface area contributed by atoms with Gasteiger partial charge in [-0.3, -0.25) is 10.0 Å². The van der Waals surface area contributed by atoms with Gasteiger partial charge in [-0.1, -0.05) is 24.6 Å². The zero-order valence-corrected chi connectivity index (χ0v) is 17.2. The van der Waals surface area contributed by atoms with Gasteiger partial charge in [0.1, 0.15) is 0 Å². The van der Waals surface area contributed by atoms with Crippen molar-refractivity contribution in [3.05, 3.63) is 70.3 Å². The smallest absolute Gasteiger partial charge is 0.313 e. The summed E-state index contributed by atoms with van der Waals surface area (Å²) in [7, 11) is 0. The molecule has 0 heterocycles. The van der Waals surface area contributed by atoms with Gasteiger partial charge in [0.15, 0.2) is 0 Å². The number of alkyl halides is 6. The fourth-order valence-corrected chi connectivity index (χ4v) is 4.26. The Hall–Kier alpha value is -2.63. The highest BCUT2D eigenvalue weighted by Crippen LogP contribution is 2.40. The number of carbonyl (C=O) groups is 1. The van der Waals surface area contributed by atoms with E-state index >= 15 is 0 Å². The van der Waals surface area contributed by atoms with Crippen LogP contribution in [0.5, 0.6) is 0 Å². The second-order valence-electron chi connectivity index (χ2n) is 8.08. The number of halogens is 6. The molecule has 3 rings (SSSR count). The van der Waals surface area contributed by atoms with Gasteiger partial charge < -0.3 is 5.21 Å². The van der Waals surface area contributed by atoms with Crippen molar-refractivity contribution in [2.75, 3.05) is 0 Å². The molecule has 3 N–H and O–H groups in total. The minimum Gasteiger partial charge on any atom is -0.313 e. The third kappa shape index (κ3) is 6.24. The van der Waals surface area contributed by atoms with Crippen molar-refractivity contribution >= 4 is 5.91 Å². The predicted molar refractivity (Wildman–Crippen MR) is 105 cm³/mol. The van der Waals surface area contributed by atoms with Crippen molar-refractivity contribution in [1.82, 2.24) is 10.5 Å². The van der Waals surface area contributed by atoms with E-state index in [4.69, 9.17) is 5.21 Å². The van der Waals surface area contributed by atoms with Crippen LogP contribution in [0.3, 0.4) is 0 Å². The Morgan fingerprint density at radius 1 is 1.06 bits per heavy atom. The largest absolute Gasteiger partial charge is 0.416 e. The number of rotatable bonds is 5. The lowest BCUT2D eigenvalue weighted by Crippen LogP contribution is -2.39. The highest BCUT2D eigenvalue weighted by molar-refractivity contribution is 5.86. The molecule has 1 aromatic carbocycles. The van der Waals surface area contributed by atoms with Crippen LogP contribution in [0.25, 0.3) is 0 Å². The zero-order valence-electron chi connectivity index (χ0n) is 17.2. The van der Waals surface area contributed by atoms with Gasteiger partial charge in [0.05, 0.1) is 17.2 Å². The van der Waals surface area contributed by atoms with Gasteiger partial charge in [-0.15, -0.1) is 0 Å². The van der Waals surface area contributed by atoms with Crippen molar-refractivity contribution in [1.29, 1.82) is 0 Å². The molecule has 0 aromatic heterocycles. The van der Waals surface area contributed by atoms with Crippen molar-refractivity contribution in [2.24, 2.45) is 5.92 Å². The summed E-state index contributed by atoms with van der Waals surface area (Å²) < 4.78 is 78.7. The fourth-order valence-electron chi connectivity index (χ4n) is 4.26. The van der Waals surface area contributed by atoms with E-state index in [0.717, 1.165) is 28.7 Å². The molecule has 0 aliphatic heterocycles. The number of hydrogen-bond acceptors (Lipinski definition) is 4. The molecule has 5 nitrogen and oxygen atoms in total. The molecule has 1 amide bonds. The molecule has 2 atom stereocenters. The van der Waals surface area contributed by atoms with E-state index in [-0.39, 0.29) is 17.5 Å². The Morgan fingerprint density at radius 3 is 2.27 bits per heavy atom. The quantitative estimate of drug-likeness (QED) is 0.230. The first-order valence-corrected chi connectivity index (χ1v) is 10.1. The summed E-state index contributed by atoms with van der Waals surface area (Å²) in [5.74, 6) is -0.680. The SMILES string of the molecule is O=C(/C=C/C1=CC=C2C(CCCC2N(O)Cc2cc(C(F)(F)F)cc(C(F)(F)F)c2)C1)NO. The van der Waals surface area contributed by atoms with Crippen molar-refractivity contribution in [2.45, 2.75) is 50.6 Å². The summed E-state index contributed by atoms with van der Waals surface area (Å²) >= 11 is 0. The number of hydroxylamine groups is 3.